The molecule has 4 aromatic rings. The molecule has 0 bridgehead atoms. The molecule has 0 unspecified atom stereocenters. The highest BCUT2D eigenvalue weighted by Gasteiger charge is 2.55. The number of ether oxygens (including phenoxy) is 1. The lowest BCUT2D eigenvalue weighted by molar-refractivity contribution is -0.145. The number of cyclic esters (lactones) is 1. The molecule has 2 aliphatic rings. The number of hydrogen-bond acceptors (Lipinski definition) is 3. The molecular formula is C33H24O3. The lowest BCUT2D eigenvalue weighted by atomic mass is 9.81. The van der Waals surface area contributed by atoms with Gasteiger partial charge in [-0.1, -0.05) is 103 Å². The zero-order valence-electron chi connectivity index (χ0n) is 19.6. The monoisotopic (exact) mass is 468 g/mol. The molecule has 0 radical (unpaired) electrons. The third kappa shape index (κ3) is 3.91. The fourth-order valence-electron chi connectivity index (χ4n) is 5.68. The van der Waals surface area contributed by atoms with Crippen molar-refractivity contribution in [2.45, 2.75) is 24.4 Å². The molecule has 6 rings (SSSR count). The van der Waals surface area contributed by atoms with Gasteiger partial charge in [0.05, 0.1) is 5.92 Å². The summed E-state index contributed by atoms with van der Waals surface area (Å²) < 4.78 is 6.06. The Morgan fingerprint density at radius 1 is 0.667 bits per heavy atom. The second kappa shape index (κ2) is 9.32. The van der Waals surface area contributed by atoms with Crippen LogP contribution in [0.25, 0.3) is 0 Å². The van der Waals surface area contributed by atoms with Crippen LogP contribution < -0.4 is 0 Å². The second-order valence-corrected chi connectivity index (χ2v) is 9.34. The van der Waals surface area contributed by atoms with Gasteiger partial charge in [-0.05, 0) is 29.3 Å². The number of benzene rings is 4. The van der Waals surface area contributed by atoms with Crippen molar-refractivity contribution in [1.82, 2.24) is 0 Å². The first kappa shape index (κ1) is 22.1. The maximum Gasteiger partial charge on any atom is 0.310 e. The van der Waals surface area contributed by atoms with Crippen molar-refractivity contribution in [3.05, 3.63) is 143 Å². The Morgan fingerprint density at radius 2 is 1.28 bits per heavy atom. The van der Waals surface area contributed by atoms with Crippen LogP contribution in [-0.2, 0) is 9.53 Å². The van der Waals surface area contributed by atoms with Gasteiger partial charge in [-0.25, -0.2) is 0 Å². The van der Waals surface area contributed by atoms with Gasteiger partial charge in [0.1, 0.15) is 6.10 Å². The summed E-state index contributed by atoms with van der Waals surface area (Å²) in [5.74, 6) is 5.58. The zero-order chi connectivity index (χ0) is 24.5. The maximum atomic E-state index is 13.4. The van der Waals surface area contributed by atoms with E-state index in [1.54, 1.807) is 0 Å². The lowest BCUT2D eigenvalue weighted by Gasteiger charge is -2.19. The third-order valence-corrected chi connectivity index (χ3v) is 7.30. The van der Waals surface area contributed by atoms with Crippen LogP contribution in [0.5, 0.6) is 0 Å². The Morgan fingerprint density at radius 3 is 2.03 bits per heavy atom. The van der Waals surface area contributed by atoms with E-state index in [1.807, 2.05) is 97.1 Å². The number of carbonyl (C=O) groups excluding carboxylic acids is 2. The molecule has 0 amide bonds. The standard InChI is InChI=1S/C33H24O3/c34-29(24-14-5-2-6-15-24)21-28-26-17-9-10-18-27(26)30-31(28)33(35)36-32(30)25-16-8-7-13-23(25)20-19-22-11-3-1-4-12-22/h1-18,28,30-32H,21H2/t28-,30+,31-,32+/m0/s1. The number of esters is 1. The van der Waals surface area contributed by atoms with E-state index in [4.69, 9.17) is 4.74 Å². The van der Waals surface area contributed by atoms with E-state index < -0.39 is 12.0 Å². The van der Waals surface area contributed by atoms with Crippen LogP contribution in [0.3, 0.4) is 0 Å². The number of ketones is 1. The number of carbonyl (C=O) groups is 2. The van der Waals surface area contributed by atoms with Crippen molar-refractivity contribution in [3.8, 4) is 11.8 Å². The van der Waals surface area contributed by atoms with Crippen molar-refractivity contribution in [3.63, 3.8) is 0 Å². The second-order valence-electron chi connectivity index (χ2n) is 9.34. The summed E-state index contributed by atoms with van der Waals surface area (Å²) >= 11 is 0. The van der Waals surface area contributed by atoms with Crippen molar-refractivity contribution in [2.75, 3.05) is 0 Å². The number of fused-ring (bicyclic) bond motifs is 3. The average Bonchev–Trinajstić information content (AvgIpc) is 3.44. The van der Waals surface area contributed by atoms with Crippen molar-refractivity contribution in [2.24, 2.45) is 5.92 Å². The van der Waals surface area contributed by atoms with Gasteiger partial charge in [0.2, 0.25) is 0 Å². The van der Waals surface area contributed by atoms with Gasteiger partial charge in [0, 0.05) is 40.5 Å². The minimum Gasteiger partial charge on any atom is -0.457 e. The van der Waals surface area contributed by atoms with Crippen LogP contribution in [0.15, 0.2) is 109 Å². The van der Waals surface area contributed by atoms with Crippen molar-refractivity contribution in [1.29, 1.82) is 0 Å². The zero-order valence-corrected chi connectivity index (χ0v) is 19.6. The minimum atomic E-state index is -0.443. The summed E-state index contributed by atoms with van der Waals surface area (Å²) in [6.07, 6.45) is -0.166. The van der Waals surface area contributed by atoms with Crippen LogP contribution in [0, 0.1) is 17.8 Å². The van der Waals surface area contributed by atoms with E-state index in [0.29, 0.717) is 5.56 Å². The Hall–Kier alpha value is -4.42. The molecule has 0 saturated carbocycles. The lowest BCUT2D eigenvalue weighted by Crippen LogP contribution is -2.19. The largest absolute Gasteiger partial charge is 0.457 e. The molecule has 174 valence electrons. The smallest absolute Gasteiger partial charge is 0.310 e. The molecular weight excluding hydrogens is 444 g/mol. The van der Waals surface area contributed by atoms with Gasteiger partial charge in [-0.15, -0.1) is 0 Å². The highest BCUT2D eigenvalue weighted by atomic mass is 16.6. The molecule has 1 fully saturated rings. The van der Waals surface area contributed by atoms with Gasteiger partial charge in [-0.2, -0.15) is 0 Å². The fraction of sp³-hybridized carbons (Fsp3) is 0.152. The third-order valence-electron chi connectivity index (χ3n) is 7.30. The van der Waals surface area contributed by atoms with Crippen LogP contribution in [-0.4, -0.2) is 11.8 Å². The molecule has 4 aromatic carbocycles. The quantitative estimate of drug-likeness (QED) is 0.196. The fourth-order valence-corrected chi connectivity index (χ4v) is 5.68. The van der Waals surface area contributed by atoms with Crippen LogP contribution in [0.2, 0.25) is 0 Å². The van der Waals surface area contributed by atoms with Gasteiger partial charge in [0.15, 0.2) is 5.78 Å². The molecule has 0 N–H and O–H groups in total. The number of Topliss-reactive ketones (excluding diaryl/α,β-unsaturated/α-hetero) is 1. The molecule has 4 atom stereocenters. The first-order valence-electron chi connectivity index (χ1n) is 12.2. The first-order chi connectivity index (χ1) is 17.7. The van der Waals surface area contributed by atoms with Crippen LogP contribution >= 0.6 is 0 Å². The summed E-state index contributed by atoms with van der Waals surface area (Å²) in [5.41, 5.74) is 5.52. The molecule has 1 aliphatic heterocycles. The number of hydrogen-bond donors (Lipinski definition) is 0. The van der Waals surface area contributed by atoms with E-state index in [1.165, 1.54) is 0 Å². The van der Waals surface area contributed by atoms with Crippen molar-refractivity contribution < 1.29 is 14.3 Å². The van der Waals surface area contributed by atoms with Crippen molar-refractivity contribution >= 4 is 11.8 Å². The predicted octanol–water partition coefficient (Wildman–Crippen LogP) is 6.45. The first-order valence-corrected chi connectivity index (χ1v) is 12.2. The minimum absolute atomic E-state index is 0.0430. The van der Waals surface area contributed by atoms with Crippen LogP contribution in [0.4, 0.5) is 0 Å². The topological polar surface area (TPSA) is 43.4 Å². The van der Waals surface area contributed by atoms with Gasteiger partial charge < -0.3 is 4.74 Å². The van der Waals surface area contributed by atoms with E-state index in [-0.39, 0.29) is 30.0 Å². The Labute approximate surface area is 210 Å². The number of rotatable bonds is 4. The molecule has 0 aromatic heterocycles. The van der Waals surface area contributed by atoms with Gasteiger partial charge in [0.25, 0.3) is 0 Å². The van der Waals surface area contributed by atoms with E-state index >= 15 is 0 Å². The van der Waals surface area contributed by atoms with E-state index in [2.05, 4.69) is 24.0 Å². The predicted molar refractivity (Wildman–Crippen MR) is 139 cm³/mol. The maximum absolute atomic E-state index is 13.4. The van der Waals surface area contributed by atoms with Crippen LogP contribution in [0.1, 0.15) is 62.5 Å². The molecule has 1 aliphatic carbocycles. The summed E-state index contributed by atoms with van der Waals surface area (Å²) in [7, 11) is 0. The molecule has 1 heterocycles. The molecule has 0 spiro atoms. The Kier molecular flexibility index (Phi) is 5.71. The molecule has 1 saturated heterocycles. The Balaban J connectivity index is 1.37. The molecule has 36 heavy (non-hydrogen) atoms. The summed E-state index contributed by atoms with van der Waals surface area (Å²) in [6, 6.07) is 35.1. The summed E-state index contributed by atoms with van der Waals surface area (Å²) in [4.78, 5) is 26.5. The summed E-state index contributed by atoms with van der Waals surface area (Å²) in [6.45, 7) is 0. The average molecular weight is 469 g/mol. The van der Waals surface area contributed by atoms with E-state index in [9.17, 15) is 9.59 Å². The molecule has 3 nitrogen and oxygen atoms in total. The highest BCUT2D eigenvalue weighted by Crippen LogP contribution is 2.59. The summed E-state index contributed by atoms with van der Waals surface area (Å²) in [5, 5.41) is 0. The highest BCUT2D eigenvalue weighted by molar-refractivity contribution is 5.97. The van der Waals surface area contributed by atoms with Gasteiger partial charge >= 0.3 is 5.97 Å². The van der Waals surface area contributed by atoms with E-state index in [0.717, 1.165) is 27.8 Å². The SMILES string of the molecule is O=C(C[C@H]1c2ccccc2[C@@H]2[C@H]1C(=O)O[C@@H]2c1ccccc1C#Cc1ccccc1)c1ccccc1. The Bertz CT molecular complexity index is 1490. The van der Waals surface area contributed by atoms with Gasteiger partial charge in [-0.3, -0.25) is 9.59 Å². The normalized spacial score (nSPS) is 21.6. The molecule has 3 heteroatoms.